The van der Waals surface area contributed by atoms with E-state index in [9.17, 15) is 0 Å². The fourth-order valence-electron chi connectivity index (χ4n) is 12.2. The molecular weight excluding hydrogens is 1570 g/mol. The first-order chi connectivity index (χ1) is 64.9. The summed E-state index contributed by atoms with van der Waals surface area (Å²) < 4.78 is 0. The van der Waals surface area contributed by atoms with Gasteiger partial charge in [-0.3, -0.25) is 0 Å². The summed E-state index contributed by atoms with van der Waals surface area (Å²) in [5.41, 5.74) is 9.45. The van der Waals surface area contributed by atoms with Gasteiger partial charge in [-0.15, -0.1) is 0 Å². The summed E-state index contributed by atoms with van der Waals surface area (Å²) in [6.07, 6.45) is 0. The molecule has 0 N–H and O–H groups in total. The molecule has 0 saturated carbocycles. The average Bonchev–Trinajstić information content (AvgIpc) is 0.768. The summed E-state index contributed by atoms with van der Waals surface area (Å²) in [6.45, 7) is 96.6. The number of rotatable bonds is 7. The first-order valence-electron chi connectivity index (χ1n) is 52.8. The van der Waals surface area contributed by atoms with Crippen LogP contribution < -0.4 is 0 Å². The van der Waals surface area contributed by atoms with E-state index in [1.165, 1.54) is 125 Å². The average molecular weight is 1780 g/mol. The van der Waals surface area contributed by atoms with Gasteiger partial charge in [0.05, 0.1) is 0 Å². The Morgan fingerprint density at radius 3 is 0.298 bits per heavy atom. The zero-order valence-corrected chi connectivity index (χ0v) is 94.1. The van der Waals surface area contributed by atoms with Gasteiger partial charge in [-0.1, -0.05) is 678 Å². The van der Waals surface area contributed by atoms with Crippen LogP contribution in [-0.4, -0.2) is 0 Å². The Bertz CT molecular complexity index is 4400. The van der Waals surface area contributed by atoms with Gasteiger partial charge in [0.25, 0.3) is 0 Å². The van der Waals surface area contributed by atoms with Crippen molar-refractivity contribution in [2.45, 2.75) is 350 Å². The Labute approximate surface area is 815 Å². The lowest BCUT2D eigenvalue weighted by Gasteiger charge is -2.21. The summed E-state index contributed by atoms with van der Waals surface area (Å²) in [7, 11) is 0. The maximum absolute atomic E-state index is 2.35. The van der Waals surface area contributed by atoms with Crippen molar-refractivity contribution in [2.24, 2.45) is 0 Å². The zero-order chi connectivity index (χ0) is 103. The van der Waals surface area contributed by atoms with Crippen molar-refractivity contribution in [2.75, 3.05) is 0 Å². The highest BCUT2D eigenvalue weighted by Gasteiger charge is 2.19. The second-order valence-corrected chi connectivity index (χ2v) is 22.5. The standard InChI is InChI=1S/C31H22.2C22H18.C10H8.23C2H6/c1-4-10-25-19-28(16-13-22(25)7-1)31(29-17-14-23-8-2-5-11-26(23)20-29)30-18-15-24-9-3-6-12-27(24)21-30;2*1-16(19-12-10-17-6-2-4-8-21(17)14-19)20-13-11-18-7-3-5-9-22(18)15-20;1-2-6-10-8-4-3-7-9(10)5-1;23*1-2/h1-21,31H;2*2-16H,1H3;1-8H;23*1-2H3. The van der Waals surface area contributed by atoms with Crippen molar-refractivity contribution in [1.29, 1.82) is 0 Å². The third-order valence-electron chi connectivity index (χ3n) is 17.1. The molecule has 131 heavy (non-hydrogen) atoms. The lowest BCUT2D eigenvalue weighted by atomic mass is 9.83. The fourth-order valence-corrected chi connectivity index (χ4v) is 12.2. The molecule has 0 aliphatic carbocycles. The highest BCUT2D eigenvalue weighted by atomic mass is 14.2. The Hall–Kier alpha value is -10.4. The van der Waals surface area contributed by atoms with E-state index in [0.717, 1.165) is 0 Å². The fraction of sp³-hybridized carbons (Fsp3) is 0.389. The van der Waals surface area contributed by atoms with Gasteiger partial charge in [0.15, 0.2) is 0 Å². The normalized spacial score (nSPS) is 8.36. The molecule has 0 saturated heterocycles. The van der Waals surface area contributed by atoms with Crippen molar-refractivity contribution in [1.82, 2.24) is 0 Å². The van der Waals surface area contributed by atoms with Crippen LogP contribution in [0.15, 0.2) is 346 Å². The highest BCUT2D eigenvalue weighted by Crippen LogP contribution is 2.37. The predicted molar refractivity (Wildman–Crippen MR) is 629 cm³/mol. The van der Waals surface area contributed by atoms with Crippen LogP contribution in [0.1, 0.15) is 389 Å². The first kappa shape index (κ1) is 144. The molecule has 0 radical (unpaired) electrons. The molecule has 16 rings (SSSR count). The van der Waals surface area contributed by atoms with Crippen molar-refractivity contribution < 1.29 is 0 Å². The van der Waals surface area contributed by atoms with Crippen molar-refractivity contribution >= 4 is 86.2 Å². The van der Waals surface area contributed by atoms with Crippen molar-refractivity contribution in [3.63, 3.8) is 0 Å². The van der Waals surface area contributed by atoms with Gasteiger partial charge in [-0.05, 0) is 125 Å². The van der Waals surface area contributed by atoms with E-state index in [2.05, 4.69) is 360 Å². The van der Waals surface area contributed by atoms with Crippen LogP contribution in [0.2, 0.25) is 0 Å². The molecule has 0 nitrogen and oxygen atoms in total. The summed E-state index contributed by atoms with van der Waals surface area (Å²) >= 11 is 0. The van der Waals surface area contributed by atoms with E-state index in [-0.39, 0.29) is 5.92 Å². The molecule has 16 aromatic carbocycles. The summed E-state index contributed by atoms with van der Waals surface area (Å²) in [4.78, 5) is 0. The quantitative estimate of drug-likeness (QED) is 0.140. The molecule has 0 aliphatic heterocycles. The van der Waals surface area contributed by atoms with E-state index in [0.29, 0.717) is 11.8 Å². The second-order valence-electron chi connectivity index (χ2n) is 22.5. The molecule has 0 atom stereocenters. The molecule has 0 aliphatic rings. The van der Waals surface area contributed by atoms with Crippen LogP contribution in [0.3, 0.4) is 0 Å². The van der Waals surface area contributed by atoms with Crippen LogP contribution in [0.5, 0.6) is 0 Å². The monoisotopic (exact) mass is 1780 g/mol. The Morgan fingerprint density at radius 2 is 0.183 bits per heavy atom. The summed E-state index contributed by atoms with van der Waals surface area (Å²) in [5, 5.41) is 20.8. The molecule has 0 unspecified atom stereocenters. The van der Waals surface area contributed by atoms with E-state index >= 15 is 0 Å². The first-order valence-corrected chi connectivity index (χ1v) is 52.8. The molecule has 0 bridgehead atoms. The van der Waals surface area contributed by atoms with Gasteiger partial charge in [0.2, 0.25) is 0 Å². The van der Waals surface area contributed by atoms with Crippen molar-refractivity contribution in [3.8, 4) is 0 Å². The topological polar surface area (TPSA) is 0 Å². The second kappa shape index (κ2) is 108. The lowest BCUT2D eigenvalue weighted by Crippen LogP contribution is -2.03. The van der Waals surface area contributed by atoms with Gasteiger partial charge < -0.3 is 0 Å². The van der Waals surface area contributed by atoms with Gasteiger partial charge >= 0.3 is 0 Å². The SMILES string of the molecule is CC.CC.CC.CC.CC.CC.CC.CC.CC.CC.CC.CC.CC.CC.CC.CC.CC.CC.CC.CC.CC.CC.CC.CC(c1ccc2ccccc2c1)c1ccc2ccccc2c1.CC(c1ccc2ccccc2c1)c1ccc2ccccc2c1.c1ccc2cc(C(c3ccc4ccccc4c3)c3ccc4ccccc4c3)ccc2c1.c1ccc2ccccc2c1. The molecule has 0 heteroatoms. The van der Waals surface area contributed by atoms with Gasteiger partial charge in [-0.25, -0.2) is 0 Å². The van der Waals surface area contributed by atoms with Crippen LogP contribution in [0.25, 0.3) is 86.2 Å². The largest absolute Gasteiger partial charge is 0.0683 e. The number of fused-ring (bicyclic) bond motifs is 8. The van der Waals surface area contributed by atoms with E-state index in [4.69, 9.17) is 0 Å². The summed E-state index contributed by atoms with van der Waals surface area (Å²) in [6, 6.07) is 125. The molecule has 0 heterocycles. The molecule has 0 amide bonds. The smallest absolute Gasteiger partial charge is 0.0340 e. The van der Waals surface area contributed by atoms with Crippen LogP contribution in [0, 0.1) is 0 Å². The van der Waals surface area contributed by atoms with E-state index < -0.39 is 0 Å². The minimum atomic E-state index is 0.179. The van der Waals surface area contributed by atoms with Crippen LogP contribution in [0.4, 0.5) is 0 Å². The third kappa shape index (κ3) is 53.6. The predicted octanol–water partition coefficient (Wildman–Crippen LogP) is 47.1. The zero-order valence-electron chi connectivity index (χ0n) is 94.1. The van der Waals surface area contributed by atoms with Gasteiger partial charge in [0.1, 0.15) is 0 Å². The minimum absolute atomic E-state index is 0.179. The van der Waals surface area contributed by atoms with Crippen LogP contribution >= 0.6 is 0 Å². The third-order valence-corrected chi connectivity index (χ3v) is 17.1. The molecule has 728 valence electrons. The molecule has 0 fully saturated rings. The van der Waals surface area contributed by atoms with E-state index in [1.54, 1.807) is 0 Å². The van der Waals surface area contributed by atoms with Crippen LogP contribution in [-0.2, 0) is 0 Å². The molecular formula is C131H204. The van der Waals surface area contributed by atoms with Gasteiger partial charge in [-0.2, -0.15) is 0 Å². The summed E-state index contributed by atoms with van der Waals surface area (Å²) in [5.74, 6) is 0.974. The number of hydrogen-bond acceptors (Lipinski definition) is 0. The Morgan fingerprint density at radius 1 is 0.0992 bits per heavy atom. The van der Waals surface area contributed by atoms with Crippen molar-refractivity contribution in [3.05, 3.63) is 385 Å². The number of benzene rings is 16. The molecule has 0 aromatic heterocycles. The maximum Gasteiger partial charge on any atom is 0.0340 e. The maximum atomic E-state index is 2.35. The lowest BCUT2D eigenvalue weighted by molar-refractivity contribution is 0.927. The Kier molecular flexibility index (Phi) is 119. The van der Waals surface area contributed by atoms with E-state index in [1.807, 2.05) is 318 Å². The Balaban J connectivity index is -0.000000145. The molecule has 16 aromatic rings. The minimum Gasteiger partial charge on any atom is -0.0683 e. The number of hydrogen-bond donors (Lipinski definition) is 0. The van der Waals surface area contributed by atoms with Gasteiger partial charge in [0, 0.05) is 17.8 Å². The molecule has 0 spiro atoms. The highest BCUT2D eigenvalue weighted by molar-refractivity contribution is 5.89.